The first-order chi connectivity index (χ1) is 14.2. The summed E-state index contributed by atoms with van der Waals surface area (Å²) in [6, 6.07) is 9.82. The fourth-order valence-electron chi connectivity index (χ4n) is 3.28. The van der Waals surface area contributed by atoms with Gasteiger partial charge in [0, 0.05) is 17.8 Å². The van der Waals surface area contributed by atoms with Gasteiger partial charge in [-0.1, -0.05) is 32.0 Å². The Morgan fingerprint density at radius 3 is 2.57 bits per heavy atom. The Balaban J connectivity index is 2.08. The predicted octanol–water partition coefficient (Wildman–Crippen LogP) is 1.73. The summed E-state index contributed by atoms with van der Waals surface area (Å²) in [6.45, 7) is 4.16. The Morgan fingerprint density at radius 2 is 1.90 bits per heavy atom. The minimum atomic E-state index is -0.716. The molecule has 0 unspecified atom stereocenters. The lowest BCUT2D eigenvalue weighted by molar-refractivity contribution is 0.0943. The monoisotopic (exact) mass is 412 g/mol. The number of hydrogen-bond acceptors (Lipinski definition) is 5. The lowest BCUT2D eigenvalue weighted by Crippen LogP contribution is -2.37. The first-order valence-corrected chi connectivity index (χ1v) is 9.45. The standard InChI is InChI=1S/C21H24N4O5/c1-21(2)10-16-14(18(27)22-11-21)9-15(19(28)25(16)12-23-20(29)30-3)24-17(26)13-7-5-4-6-8-13/h4-9H,10-12H2,1-3H3,(H,22,27)(H,23,29)(H,24,26). The van der Waals surface area contributed by atoms with Gasteiger partial charge in [-0.25, -0.2) is 4.79 Å². The Morgan fingerprint density at radius 1 is 1.20 bits per heavy atom. The molecular weight excluding hydrogens is 388 g/mol. The van der Waals surface area contributed by atoms with E-state index >= 15 is 0 Å². The highest BCUT2D eigenvalue weighted by Gasteiger charge is 2.31. The minimum absolute atomic E-state index is 0.0517. The Kier molecular flexibility index (Phi) is 5.91. The fourth-order valence-corrected chi connectivity index (χ4v) is 3.28. The van der Waals surface area contributed by atoms with Gasteiger partial charge in [0.1, 0.15) is 12.4 Å². The van der Waals surface area contributed by atoms with Crippen LogP contribution in [0.2, 0.25) is 0 Å². The maximum atomic E-state index is 13.2. The molecule has 2 aromatic rings. The van der Waals surface area contributed by atoms with Gasteiger partial charge in [-0.3, -0.25) is 19.0 Å². The van der Waals surface area contributed by atoms with Crippen LogP contribution in [0, 0.1) is 5.41 Å². The Bertz CT molecular complexity index is 1040. The summed E-state index contributed by atoms with van der Waals surface area (Å²) in [5.74, 6) is -0.827. The van der Waals surface area contributed by atoms with Crippen LogP contribution in [0.15, 0.2) is 41.2 Å². The van der Waals surface area contributed by atoms with Crippen molar-refractivity contribution in [1.82, 2.24) is 15.2 Å². The Labute approximate surface area is 173 Å². The molecule has 3 rings (SSSR count). The van der Waals surface area contributed by atoms with Gasteiger partial charge in [-0.05, 0) is 30.0 Å². The number of nitrogens with zero attached hydrogens (tertiary/aromatic N) is 1. The minimum Gasteiger partial charge on any atom is -0.453 e. The number of nitrogens with one attached hydrogen (secondary N) is 3. The summed E-state index contributed by atoms with van der Waals surface area (Å²) < 4.78 is 5.87. The van der Waals surface area contributed by atoms with Crippen molar-refractivity contribution >= 4 is 23.6 Å². The highest BCUT2D eigenvalue weighted by Crippen LogP contribution is 2.27. The maximum absolute atomic E-state index is 13.2. The van der Waals surface area contributed by atoms with Crippen LogP contribution in [0.5, 0.6) is 0 Å². The van der Waals surface area contributed by atoms with E-state index in [1.54, 1.807) is 30.3 Å². The van der Waals surface area contributed by atoms with Crippen molar-refractivity contribution in [1.29, 1.82) is 0 Å². The summed E-state index contributed by atoms with van der Waals surface area (Å²) in [7, 11) is 1.21. The molecule has 2 heterocycles. The molecule has 0 bridgehead atoms. The van der Waals surface area contributed by atoms with Crippen molar-refractivity contribution in [2.24, 2.45) is 5.41 Å². The van der Waals surface area contributed by atoms with Gasteiger partial charge < -0.3 is 20.7 Å². The van der Waals surface area contributed by atoms with E-state index < -0.39 is 17.6 Å². The predicted molar refractivity (Wildman–Crippen MR) is 110 cm³/mol. The second-order valence-electron chi connectivity index (χ2n) is 7.82. The maximum Gasteiger partial charge on any atom is 0.408 e. The van der Waals surface area contributed by atoms with Crippen LogP contribution in [0.3, 0.4) is 0 Å². The molecule has 0 fully saturated rings. The molecule has 30 heavy (non-hydrogen) atoms. The molecule has 1 aliphatic rings. The number of methoxy groups -OCH3 is 1. The normalized spacial score (nSPS) is 14.7. The second kappa shape index (κ2) is 8.40. The highest BCUT2D eigenvalue weighted by molar-refractivity contribution is 6.05. The quantitative estimate of drug-likeness (QED) is 0.707. The molecule has 9 nitrogen and oxygen atoms in total. The van der Waals surface area contributed by atoms with Gasteiger partial charge in [0.15, 0.2) is 0 Å². The van der Waals surface area contributed by atoms with Crippen LogP contribution in [0.25, 0.3) is 0 Å². The van der Waals surface area contributed by atoms with Crippen LogP contribution in [-0.4, -0.2) is 36.1 Å². The second-order valence-corrected chi connectivity index (χ2v) is 7.82. The van der Waals surface area contributed by atoms with Crippen molar-refractivity contribution in [3.05, 3.63) is 63.6 Å². The molecule has 158 valence electrons. The van der Waals surface area contributed by atoms with Crippen LogP contribution in [-0.2, 0) is 17.8 Å². The summed E-state index contributed by atoms with van der Waals surface area (Å²) in [5, 5.41) is 7.90. The molecule has 3 N–H and O–H groups in total. The number of rotatable bonds is 4. The van der Waals surface area contributed by atoms with Gasteiger partial charge in [0.25, 0.3) is 17.4 Å². The third-order valence-electron chi connectivity index (χ3n) is 4.87. The molecule has 1 aromatic carbocycles. The number of hydrogen-bond donors (Lipinski definition) is 3. The summed E-state index contributed by atoms with van der Waals surface area (Å²) in [5.41, 5.74) is 0.236. The molecule has 1 aliphatic heterocycles. The third kappa shape index (κ3) is 4.51. The molecule has 1 aromatic heterocycles. The molecule has 0 aliphatic carbocycles. The molecule has 3 amide bonds. The van der Waals surface area contributed by atoms with Gasteiger partial charge in [0.05, 0.1) is 12.7 Å². The molecule has 9 heteroatoms. The number of aromatic nitrogens is 1. The van der Waals surface area contributed by atoms with E-state index in [1.807, 2.05) is 13.8 Å². The van der Waals surface area contributed by atoms with Crippen molar-refractivity contribution in [2.45, 2.75) is 26.9 Å². The summed E-state index contributed by atoms with van der Waals surface area (Å²) in [6.07, 6.45) is -0.293. The van der Waals surface area contributed by atoms with Crippen LogP contribution < -0.4 is 21.5 Å². The number of anilines is 1. The van der Waals surface area contributed by atoms with Gasteiger partial charge >= 0.3 is 6.09 Å². The SMILES string of the molecule is COC(=O)NCn1c2c(cc(NC(=O)c3ccccc3)c1=O)C(=O)NCC(C)(C)C2. The summed E-state index contributed by atoms with van der Waals surface area (Å²) in [4.78, 5) is 50.0. The van der Waals surface area contributed by atoms with Crippen LogP contribution in [0.4, 0.5) is 10.5 Å². The number of carbonyl (C=O) groups excluding carboxylic acids is 3. The molecule has 0 radical (unpaired) electrons. The van der Waals surface area contributed by atoms with Crippen molar-refractivity contribution < 1.29 is 19.1 Å². The van der Waals surface area contributed by atoms with E-state index in [2.05, 4.69) is 20.7 Å². The first kappa shape index (κ1) is 21.1. The van der Waals surface area contributed by atoms with E-state index in [-0.39, 0.29) is 29.2 Å². The summed E-state index contributed by atoms with van der Waals surface area (Å²) >= 11 is 0. The average molecular weight is 412 g/mol. The lowest BCUT2D eigenvalue weighted by Gasteiger charge is -2.24. The topological polar surface area (TPSA) is 119 Å². The van der Waals surface area contributed by atoms with Crippen molar-refractivity contribution in [3.63, 3.8) is 0 Å². The highest BCUT2D eigenvalue weighted by atomic mass is 16.5. The largest absolute Gasteiger partial charge is 0.453 e. The molecule has 0 spiro atoms. The van der Waals surface area contributed by atoms with E-state index in [9.17, 15) is 19.2 Å². The van der Waals surface area contributed by atoms with E-state index in [1.165, 1.54) is 17.7 Å². The van der Waals surface area contributed by atoms with E-state index in [0.717, 1.165) is 0 Å². The van der Waals surface area contributed by atoms with Gasteiger partial charge in [-0.15, -0.1) is 0 Å². The molecule has 0 atom stereocenters. The number of ether oxygens (including phenoxy) is 1. The van der Waals surface area contributed by atoms with Crippen LogP contribution in [0.1, 0.15) is 40.3 Å². The zero-order valence-corrected chi connectivity index (χ0v) is 17.1. The van der Waals surface area contributed by atoms with E-state index in [0.29, 0.717) is 24.2 Å². The molecule has 0 saturated heterocycles. The number of pyridine rings is 1. The number of amides is 3. The van der Waals surface area contributed by atoms with E-state index in [4.69, 9.17) is 0 Å². The smallest absolute Gasteiger partial charge is 0.408 e. The first-order valence-electron chi connectivity index (χ1n) is 9.45. The zero-order valence-electron chi connectivity index (χ0n) is 17.1. The fraction of sp³-hybridized carbons (Fsp3) is 0.333. The lowest BCUT2D eigenvalue weighted by atomic mass is 9.87. The molecular formula is C21H24N4O5. The Hall–Kier alpha value is -3.62. The van der Waals surface area contributed by atoms with Gasteiger partial charge in [-0.2, -0.15) is 0 Å². The number of alkyl carbamates (subject to hydrolysis) is 1. The number of fused-ring (bicyclic) bond motifs is 1. The molecule has 0 saturated carbocycles. The zero-order chi connectivity index (χ0) is 21.9. The number of carbonyl (C=O) groups is 3. The van der Waals surface area contributed by atoms with Gasteiger partial charge in [0.2, 0.25) is 0 Å². The average Bonchev–Trinajstić information content (AvgIpc) is 2.84. The third-order valence-corrected chi connectivity index (χ3v) is 4.87. The number of benzene rings is 1. The van der Waals surface area contributed by atoms with Crippen molar-refractivity contribution in [3.8, 4) is 0 Å². The van der Waals surface area contributed by atoms with Crippen molar-refractivity contribution in [2.75, 3.05) is 19.0 Å². The van der Waals surface area contributed by atoms with Crippen LogP contribution >= 0.6 is 0 Å².